The van der Waals surface area contributed by atoms with Crippen LogP contribution in [0.3, 0.4) is 0 Å². The van der Waals surface area contributed by atoms with Crippen molar-refractivity contribution in [2.75, 3.05) is 114 Å². The maximum atomic E-state index is 2.56. The topological polar surface area (TPSA) is 19.4 Å². The van der Waals surface area contributed by atoms with Gasteiger partial charge in [-0.25, -0.2) is 0 Å². The van der Waals surface area contributed by atoms with Gasteiger partial charge < -0.3 is 29.4 Å². The summed E-state index contributed by atoms with van der Waals surface area (Å²) in [6.07, 6.45) is 0. The first-order valence-electron chi connectivity index (χ1n) is 17.5. The van der Waals surface area contributed by atoms with Gasteiger partial charge in [0.15, 0.2) is 8.07 Å². The molecule has 0 aliphatic heterocycles. The van der Waals surface area contributed by atoms with Crippen molar-refractivity contribution in [2.45, 2.75) is 54.0 Å². The molecule has 0 N–H and O–H groups in total. The molecular weight excluding hydrogens is 617 g/mol. The summed E-state index contributed by atoms with van der Waals surface area (Å²) in [6.45, 7) is 16.5. The third-order valence-electron chi connectivity index (χ3n) is 11.1. The molecule has 3 aromatic carbocycles. The number of rotatable bonds is 10. The molecule has 0 saturated carbocycles. The van der Waals surface area contributed by atoms with Crippen molar-refractivity contribution in [1.29, 1.82) is 0 Å². The lowest BCUT2D eigenvalue weighted by atomic mass is 10.1. The van der Waals surface area contributed by atoms with E-state index in [-0.39, 0.29) is 5.54 Å². The molecule has 6 nitrogen and oxygen atoms in total. The van der Waals surface area contributed by atoms with Crippen LogP contribution in [-0.2, 0) is 0 Å². The fraction of sp³-hybridized carbons (Fsp3) is 0.476. The predicted octanol–water partition coefficient (Wildman–Crippen LogP) is 6.53. The Hall–Kier alpha value is -3.84. The minimum Gasteiger partial charge on any atom is -0.378 e. The first-order chi connectivity index (χ1) is 22.7. The van der Waals surface area contributed by atoms with Gasteiger partial charge in [0, 0.05) is 124 Å². The molecule has 0 heterocycles. The van der Waals surface area contributed by atoms with Crippen molar-refractivity contribution >= 4 is 57.8 Å². The second-order valence-electron chi connectivity index (χ2n) is 15.7. The SMILES string of the molecule is CC1=C(C)C([Si](c2cc(N(C)C)cc(C)c2N(C)C)(c2cc(N(C)C)cc(C)c2N(C)C)c2cc(N(C)C)cc(C)c2N(C)C)C(C)=C1C. The van der Waals surface area contributed by atoms with Gasteiger partial charge in [0.05, 0.1) is 0 Å². The molecule has 1 aliphatic rings. The lowest BCUT2D eigenvalue weighted by Gasteiger charge is -2.47. The Balaban J connectivity index is 2.61. The highest BCUT2D eigenvalue weighted by Crippen LogP contribution is 2.49. The average molecular weight is 681 g/mol. The number of nitrogens with zero attached hydrogens (tertiary/aromatic N) is 6. The molecule has 4 rings (SSSR count). The van der Waals surface area contributed by atoms with Crippen LogP contribution in [0, 0.1) is 20.8 Å². The van der Waals surface area contributed by atoms with E-state index in [1.54, 1.807) is 0 Å². The molecule has 0 unspecified atom stereocenters. The molecule has 7 heteroatoms. The summed E-state index contributed by atoms with van der Waals surface area (Å²) >= 11 is 0. The fourth-order valence-corrected chi connectivity index (χ4v) is 15.7. The minimum atomic E-state index is -3.17. The molecule has 0 bridgehead atoms. The van der Waals surface area contributed by atoms with Crippen LogP contribution >= 0.6 is 0 Å². The minimum absolute atomic E-state index is 0.203. The van der Waals surface area contributed by atoms with Gasteiger partial charge in [0.1, 0.15) is 0 Å². The summed E-state index contributed by atoms with van der Waals surface area (Å²) < 4.78 is 0. The van der Waals surface area contributed by atoms with Crippen LogP contribution in [0.2, 0.25) is 5.54 Å². The van der Waals surface area contributed by atoms with E-state index in [0.29, 0.717) is 0 Å². The highest BCUT2D eigenvalue weighted by atomic mass is 28.3. The van der Waals surface area contributed by atoms with E-state index in [0.717, 1.165) is 0 Å². The Kier molecular flexibility index (Phi) is 10.7. The summed E-state index contributed by atoms with van der Waals surface area (Å²) in [4.78, 5) is 14.0. The zero-order chi connectivity index (χ0) is 37.0. The summed E-state index contributed by atoms with van der Waals surface area (Å²) in [5, 5.41) is 4.39. The zero-order valence-electron chi connectivity index (χ0n) is 34.2. The molecule has 3 aromatic rings. The quantitative estimate of drug-likeness (QED) is 0.178. The number of allylic oxidation sites excluding steroid dienone is 4. The first-order valence-corrected chi connectivity index (χ1v) is 19.6. The van der Waals surface area contributed by atoms with Crippen molar-refractivity contribution in [1.82, 2.24) is 0 Å². The van der Waals surface area contributed by atoms with Gasteiger partial charge in [-0.3, -0.25) is 0 Å². The van der Waals surface area contributed by atoms with Crippen LogP contribution < -0.4 is 45.0 Å². The molecule has 0 radical (unpaired) electrons. The second-order valence-corrected chi connectivity index (χ2v) is 19.5. The van der Waals surface area contributed by atoms with Crippen molar-refractivity contribution in [3.05, 3.63) is 75.4 Å². The fourth-order valence-electron chi connectivity index (χ4n) is 8.64. The van der Waals surface area contributed by atoms with Gasteiger partial charge in [0.25, 0.3) is 0 Å². The van der Waals surface area contributed by atoms with E-state index >= 15 is 0 Å². The van der Waals surface area contributed by atoms with Gasteiger partial charge in [-0.2, -0.15) is 0 Å². The molecule has 0 spiro atoms. The first kappa shape index (κ1) is 38.0. The van der Waals surface area contributed by atoms with Crippen LogP contribution in [0.15, 0.2) is 58.7 Å². The summed E-state index contributed by atoms with van der Waals surface area (Å²) in [7, 11) is 23.3. The van der Waals surface area contributed by atoms with Crippen LogP contribution in [0.4, 0.5) is 34.1 Å². The summed E-state index contributed by atoms with van der Waals surface area (Å²) in [5.74, 6) is 0. The lowest BCUT2D eigenvalue weighted by Crippen LogP contribution is -2.72. The van der Waals surface area contributed by atoms with E-state index in [9.17, 15) is 0 Å². The number of aryl methyl sites for hydroxylation is 3. The molecule has 49 heavy (non-hydrogen) atoms. The van der Waals surface area contributed by atoms with Gasteiger partial charge in [0.2, 0.25) is 0 Å². The average Bonchev–Trinajstić information content (AvgIpc) is 3.18. The molecular formula is C42H64N6Si. The maximum absolute atomic E-state index is 3.17. The smallest absolute Gasteiger partial charge is 0.167 e. The Morgan fingerprint density at radius 3 is 0.816 bits per heavy atom. The van der Waals surface area contributed by atoms with Crippen LogP contribution in [-0.4, -0.2) is 92.6 Å². The number of benzene rings is 3. The van der Waals surface area contributed by atoms with Gasteiger partial charge in [-0.1, -0.05) is 11.1 Å². The normalized spacial score (nSPS) is 13.8. The maximum Gasteiger partial charge on any atom is 0.167 e. The number of hydrogen-bond acceptors (Lipinski definition) is 6. The third-order valence-corrected chi connectivity index (χ3v) is 16.5. The Labute approximate surface area is 300 Å². The van der Waals surface area contributed by atoms with Gasteiger partial charge in [-0.15, -0.1) is 0 Å². The molecule has 0 amide bonds. The molecule has 0 atom stereocenters. The van der Waals surface area contributed by atoms with E-state index < -0.39 is 8.07 Å². The van der Waals surface area contributed by atoms with Crippen LogP contribution in [0.25, 0.3) is 0 Å². The van der Waals surface area contributed by atoms with Crippen molar-refractivity contribution in [3.63, 3.8) is 0 Å². The standard InChI is InChI=1S/C42H64N6Si/c1-26-20-33(43(8)9)23-36(39(26)46(14)15)49(42-31(6)29(4)30(5)32(42)7,37-24-34(44(10)11)21-27(2)40(37)47(16)17)38-25-35(45(12)13)22-28(3)41(38)48(18)19/h20-25,42H,1-19H3. The predicted molar refractivity (Wildman–Crippen MR) is 225 cm³/mol. The monoisotopic (exact) mass is 680 g/mol. The Morgan fingerprint density at radius 1 is 0.367 bits per heavy atom. The Bertz CT molecular complexity index is 1620. The highest BCUT2D eigenvalue weighted by molar-refractivity contribution is 7.15. The molecule has 0 aromatic heterocycles. The largest absolute Gasteiger partial charge is 0.378 e. The molecule has 1 aliphatic carbocycles. The van der Waals surface area contributed by atoms with Gasteiger partial charge >= 0.3 is 0 Å². The number of anilines is 6. The number of hydrogen-bond donors (Lipinski definition) is 0. The molecule has 266 valence electrons. The highest BCUT2D eigenvalue weighted by Gasteiger charge is 2.55. The van der Waals surface area contributed by atoms with Crippen LogP contribution in [0.5, 0.6) is 0 Å². The van der Waals surface area contributed by atoms with E-state index in [1.807, 2.05) is 0 Å². The summed E-state index contributed by atoms with van der Waals surface area (Å²) in [5.41, 5.74) is 17.7. The van der Waals surface area contributed by atoms with E-state index in [4.69, 9.17) is 0 Å². The van der Waals surface area contributed by atoms with Crippen LogP contribution in [0.1, 0.15) is 44.4 Å². The Morgan fingerprint density at radius 2 is 0.612 bits per heavy atom. The van der Waals surface area contributed by atoms with Gasteiger partial charge in [-0.05, 0) is 128 Å². The van der Waals surface area contributed by atoms with Crippen molar-refractivity contribution in [2.24, 2.45) is 0 Å². The summed E-state index contributed by atoms with van der Waals surface area (Å²) in [6, 6.07) is 14.8. The van der Waals surface area contributed by atoms with Crippen molar-refractivity contribution in [3.8, 4) is 0 Å². The third kappa shape index (κ3) is 6.24. The second kappa shape index (κ2) is 13.8. The lowest BCUT2D eigenvalue weighted by molar-refractivity contribution is 1.06. The zero-order valence-corrected chi connectivity index (χ0v) is 35.2. The van der Waals surface area contributed by atoms with E-state index in [1.165, 1.54) is 88.7 Å². The van der Waals surface area contributed by atoms with E-state index in [2.05, 4.69) is 199 Å². The van der Waals surface area contributed by atoms with Crippen molar-refractivity contribution < 1.29 is 0 Å². The molecule has 0 fully saturated rings. The molecule has 0 saturated heterocycles.